The molecule has 1 aromatic rings. The smallest absolute Gasteiger partial charge is 0.321 e. The van der Waals surface area contributed by atoms with Gasteiger partial charge in [0.05, 0.1) is 5.69 Å². The first-order chi connectivity index (χ1) is 8.69. The van der Waals surface area contributed by atoms with E-state index < -0.39 is 27.8 Å². The second-order valence-electron chi connectivity index (χ2n) is 4.83. The first kappa shape index (κ1) is 15.6. The Kier molecular flexibility index (Phi) is 5.07. The summed E-state index contributed by atoms with van der Waals surface area (Å²) in [4.78, 5) is 11.0. The summed E-state index contributed by atoms with van der Waals surface area (Å²) >= 11 is 0. The van der Waals surface area contributed by atoms with E-state index in [1.54, 1.807) is 6.92 Å². The van der Waals surface area contributed by atoms with Gasteiger partial charge in [0, 0.05) is 6.07 Å². The van der Waals surface area contributed by atoms with Crippen molar-refractivity contribution in [1.29, 1.82) is 0 Å². The average molecular weight is 290 g/mol. The second-order valence-corrected chi connectivity index (χ2v) is 6.59. The van der Waals surface area contributed by atoms with E-state index in [0.717, 1.165) is 0 Å². The number of sulfonamides is 1. The standard InChI is InChI=1S/C11H18N2O5S/c1-7(2)4-10(11(14)15)13-19(16,17)6-9-5-8(3)12-18-9/h5,7,10,13H,4,6H2,1-3H3,(H,14,15)/t10-/m0/s1. The third-order valence-electron chi connectivity index (χ3n) is 2.34. The Morgan fingerprint density at radius 2 is 2.16 bits per heavy atom. The normalized spacial score (nSPS) is 13.7. The number of hydrogen-bond acceptors (Lipinski definition) is 5. The Bertz CT molecular complexity index is 535. The number of aliphatic carboxylic acids is 1. The topological polar surface area (TPSA) is 110 Å². The molecule has 0 aliphatic carbocycles. The summed E-state index contributed by atoms with van der Waals surface area (Å²) in [5, 5.41) is 12.6. The van der Waals surface area contributed by atoms with Gasteiger partial charge in [0.15, 0.2) is 5.76 Å². The van der Waals surface area contributed by atoms with Gasteiger partial charge in [-0.05, 0) is 19.3 Å². The molecule has 0 fully saturated rings. The van der Waals surface area contributed by atoms with Gasteiger partial charge in [-0.3, -0.25) is 4.79 Å². The van der Waals surface area contributed by atoms with Crippen LogP contribution in [-0.2, 0) is 20.6 Å². The van der Waals surface area contributed by atoms with Crippen LogP contribution in [-0.4, -0.2) is 30.7 Å². The van der Waals surface area contributed by atoms with E-state index in [2.05, 4.69) is 9.88 Å². The summed E-state index contributed by atoms with van der Waals surface area (Å²) < 4.78 is 30.7. The van der Waals surface area contributed by atoms with Crippen LogP contribution in [0.2, 0.25) is 0 Å². The van der Waals surface area contributed by atoms with Crippen molar-refractivity contribution in [3.63, 3.8) is 0 Å². The SMILES string of the molecule is Cc1cc(CS(=O)(=O)N[C@@H](CC(C)C)C(=O)O)on1. The number of carboxylic acids is 1. The summed E-state index contributed by atoms with van der Waals surface area (Å²) in [6.07, 6.45) is 0.226. The number of aryl methyl sites for hydroxylation is 1. The number of rotatable bonds is 7. The highest BCUT2D eigenvalue weighted by molar-refractivity contribution is 7.88. The van der Waals surface area contributed by atoms with E-state index in [1.807, 2.05) is 13.8 Å². The van der Waals surface area contributed by atoms with Gasteiger partial charge in [0.25, 0.3) is 0 Å². The third-order valence-corrected chi connectivity index (χ3v) is 3.64. The monoisotopic (exact) mass is 290 g/mol. The maximum absolute atomic E-state index is 11.8. The van der Waals surface area contributed by atoms with Crippen molar-refractivity contribution in [1.82, 2.24) is 9.88 Å². The minimum Gasteiger partial charge on any atom is -0.480 e. The van der Waals surface area contributed by atoms with Gasteiger partial charge in [-0.25, -0.2) is 13.1 Å². The van der Waals surface area contributed by atoms with Gasteiger partial charge in [-0.1, -0.05) is 19.0 Å². The van der Waals surface area contributed by atoms with E-state index in [9.17, 15) is 13.2 Å². The lowest BCUT2D eigenvalue weighted by Crippen LogP contribution is -2.42. The molecule has 8 heteroatoms. The lowest BCUT2D eigenvalue weighted by Gasteiger charge is -2.15. The number of nitrogens with one attached hydrogen (secondary N) is 1. The van der Waals surface area contributed by atoms with E-state index in [-0.39, 0.29) is 18.1 Å². The molecule has 0 aliphatic heterocycles. The molecule has 2 N–H and O–H groups in total. The second kappa shape index (κ2) is 6.16. The zero-order chi connectivity index (χ0) is 14.6. The molecule has 0 aliphatic rings. The fraction of sp³-hybridized carbons (Fsp3) is 0.636. The molecule has 0 bridgehead atoms. The lowest BCUT2D eigenvalue weighted by atomic mass is 10.1. The molecule has 7 nitrogen and oxygen atoms in total. The minimum absolute atomic E-state index is 0.0660. The van der Waals surface area contributed by atoms with Crippen LogP contribution in [0, 0.1) is 12.8 Å². The third kappa shape index (κ3) is 5.39. The maximum atomic E-state index is 11.8. The molecular weight excluding hydrogens is 272 g/mol. The fourth-order valence-corrected chi connectivity index (χ4v) is 2.83. The van der Waals surface area contributed by atoms with Crippen molar-refractivity contribution in [3.05, 3.63) is 17.5 Å². The molecular formula is C11H18N2O5S. The Morgan fingerprint density at radius 3 is 2.58 bits per heavy atom. The quantitative estimate of drug-likeness (QED) is 0.772. The van der Waals surface area contributed by atoms with Crippen LogP contribution >= 0.6 is 0 Å². The van der Waals surface area contributed by atoms with E-state index in [0.29, 0.717) is 5.69 Å². The summed E-state index contributed by atoms with van der Waals surface area (Å²) in [5.41, 5.74) is 0.571. The first-order valence-electron chi connectivity index (χ1n) is 5.84. The fourth-order valence-electron chi connectivity index (χ4n) is 1.60. The predicted molar refractivity (Wildman–Crippen MR) is 67.9 cm³/mol. The lowest BCUT2D eigenvalue weighted by molar-refractivity contribution is -0.139. The molecule has 0 saturated heterocycles. The minimum atomic E-state index is -3.78. The number of aromatic nitrogens is 1. The Balaban J connectivity index is 2.74. The number of carbonyl (C=O) groups is 1. The first-order valence-corrected chi connectivity index (χ1v) is 7.50. The van der Waals surface area contributed by atoms with E-state index in [1.165, 1.54) is 6.07 Å². The van der Waals surface area contributed by atoms with Crippen LogP contribution in [0.4, 0.5) is 0 Å². The molecule has 0 unspecified atom stereocenters. The van der Waals surface area contributed by atoms with Crippen molar-refractivity contribution in [2.24, 2.45) is 5.92 Å². The molecule has 0 amide bonds. The molecule has 1 aromatic heterocycles. The highest BCUT2D eigenvalue weighted by atomic mass is 32.2. The number of carboxylic acid groups (broad SMARTS) is 1. The molecule has 0 aromatic carbocycles. The van der Waals surface area contributed by atoms with Gasteiger partial charge in [-0.15, -0.1) is 0 Å². The summed E-state index contributed by atoms with van der Waals surface area (Å²) in [6, 6.07) is 0.367. The van der Waals surface area contributed by atoms with Crippen molar-refractivity contribution in [2.45, 2.75) is 39.0 Å². The van der Waals surface area contributed by atoms with Crippen LogP contribution in [0.5, 0.6) is 0 Å². The zero-order valence-electron chi connectivity index (χ0n) is 11.1. The van der Waals surface area contributed by atoms with Gasteiger partial charge < -0.3 is 9.63 Å². The van der Waals surface area contributed by atoms with Gasteiger partial charge in [0.2, 0.25) is 10.0 Å². The molecule has 1 heterocycles. The molecule has 1 atom stereocenters. The van der Waals surface area contributed by atoms with Gasteiger partial charge in [-0.2, -0.15) is 0 Å². The van der Waals surface area contributed by atoms with Crippen molar-refractivity contribution >= 4 is 16.0 Å². The van der Waals surface area contributed by atoms with Crippen LogP contribution < -0.4 is 4.72 Å². The highest BCUT2D eigenvalue weighted by Crippen LogP contribution is 2.10. The van der Waals surface area contributed by atoms with E-state index >= 15 is 0 Å². The van der Waals surface area contributed by atoms with Crippen molar-refractivity contribution < 1.29 is 22.8 Å². The summed E-state index contributed by atoms with van der Waals surface area (Å²) in [7, 11) is -3.78. The molecule has 0 saturated carbocycles. The summed E-state index contributed by atoms with van der Waals surface area (Å²) in [6.45, 7) is 5.32. The molecule has 0 radical (unpaired) electrons. The average Bonchev–Trinajstić information content (AvgIpc) is 2.60. The highest BCUT2D eigenvalue weighted by Gasteiger charge is 2.26. The molecule has 19 heavy (non-hydrogen) atoms. The molecule has 0 spiro atoms. The molecule has 108 valence electrons. The van der Waals surface area contributed by atoms with Crippen LogP contribution in [0.15, 0.2) is 10.6 Å². The van der Waals surface area contributed by atoms with Crippen molar-refractivity contribution in [2.75, 3.05) is 0 Å². The van der Waals surface area contributed by atoms with Gasteiger partial charge >= 0.3 is 5.97 Å². The summed E-state index contributed by atoms with van der Waals surface area (Å²) in [5.74, 6) is -1.36. The van der Waals surface area contributed by atoms with Crippen LogP contribution in [0.25, 0.3) is 0 Å². The Morgan fingerprint density at radius 1 is 1.53 bits per heavy atom. The van der Waals surface area contributed by atoms with Crippen molar-refractivity contribution in [3.8, 4) is 0 Å². The Hall–Kier alpha value is -1.41. The zero-order valence-corrected chi connectivity index (χ0v) is 11.9. The van der Waals surface area contributed by atoms with E-state index in [4.69, 9.17) is 9.63 Å². The number of nitrogens with zero attached hydrogens (tertiary/aromatic N) is 1. The Labute approximate surface area is 112 Å². The largest absolute Gasteiger partial charge is 0.480 e. The number of hydrogen-bond donors (Lipinski definition) is 2. The van der Waals surface area contributed by atoms with Crippen LogP contribution in [0.1, 0.15) is 31.7 Å². The van der Waals surface area contributed by atoms with Gasteiger partial charge in [0.1, 0.15) is 11.8 Å². The molecule has 1 rings (SSSR count). The maximum Gasteiger partial charge on any atom is 0.321 e. The predicted octanol–water partition coefficient (Wildman–Crippen LogP) is 0.902. The van der Waals surface area contributed by atoms with Crippen LogP contribution in [0.3, 0.4) is 0 Å².